The van der Waals surface area contributed by atoms with Gasteiger partial charge in [-0.1, -0.05) is 18.2 Å². The lowest BCUT2D eigenvalue weighted by Crippen LogP contribution is -2.55. The predicted octanol–water partition coefficient (Wildman–Crippen LogP) is 1.13. The Morgan fingerprint density at radius 1 is 1.00 bits per heavy atom. The van der Waals surface area contributed by atoms with Gasteiger partial charge in [-0.05, 0) is 12.1 Å². The third-order valence-corrected chi connectivity index (χ3v) is 4.14. The van der Waals surface area contributed by atoms with Crippen LogP contribution in [0.2, 0.25) is 0 Å². The number of rotatable bonds is 4. The zero-order valence-electron chi connectivity index (χ0n) is 14.7. The summed E-state index contributed by atoms with van der Waals surface area (Å²) in [7, 11) is 5.49. The number of para-hydroxylation sites is 1. The van der Waals surface area contributed by atoms with Crippen molar-refractivity contribution in [2.75, 3.05) is 65.3 Å². The summed E-state index contributed by atoms with van der Waals surface area (Å²) in [5.74, 6) is 0. The fraction of sp³-hybridized carbons (Fsp3) is 0.529. The SMILES string of the molecule is CN(C)C(=O)N1CCN(C(=O)NCCN(C)c2ccccc2)CC1. The molecule has 0 saturated carbocycles. The highest BCUT2D eigenvalue weighted by Gasteiger charge is 2.24. The van der Waals surface area contributed by atoms with Crippen molar-refractivity contribution < 1.29 is 9.59 Å². The van der Waals surface area contributed by atoms with Crippen LogP contribution in [0.15, 0.2) is 30.3 Å². The summed E-state index contributed by atoms with van der Waals surface area (Å²) in [6.45, 7) is 3.62. The molecule has 0 atom stereocenters. The Kier molecular flexibility index (Phi) is 6.28. The number of anilines is 1. The Labute approximate surface area is 143 Å². The smallest absolute Gasteiger partial charge is 0.319 e. The maximum Gasteiger partial charge on any atom is 0.319 e. The number of likely N-dealkylation sites (N-methyl/N-ethyl adjacent to an activating group) is 1. The topological polar surface area (TPSA) is 59.1 Å². The van der Waals surface area contributed by atoms with E-state index >= 15 is 0 Å². The van der Waals surface area contributed by atoms with Crippen molar-refractivity contribution in [2.45, 2.75) is 0 Å². The molecule has 1 heterocycles. The van der Waals surface area contributed by atoms with E-state index in [4.69, 9.17) is 0 Å². The summed E-state index contributed by atoms with van der Waals surface area (Å²) in [5.41, 5.74) is 1.13. The van der Waals surface area contributed by atoms with E-state index in [0.717, 1.165) is 12.2 Å². The van der Waals surface area contributed by atoms with Gasteiger partial charge in [-0.15, -0.1) is 0 Å². The molecule has 1 N–H and O–H groups in total. The number of hydrogen-bond acceptors (Lipinski definition) is 3. The van der Waals surface area contributed by atoms with Gasteiger partial charge in [0.05, 0.1) is 0 Å². The van der Waals surface area contributed by atoms with Crippen molar-refractivity contribution in [2.24, 2.45) is 0 Å². The van der Waals surface area contributed by atoms with Crippen LogP contribution in [0.25, 0.3) is 0 Å². The van der Waals surface area contributed by atoms with Crippen molar-refractivity contribution in [1.82, 2.24) is 20.0 Å². The van der Waals surface area contributed by atoms with Gasteiger partial charge >= 0.3 is 12.1 Å². The highest BCUT2D eigenvalue weighted by Crippen LogP contribution is 2.10. The number of carbonyl (C=O) groups is 2. The van der Waals surface area contributed by atoms with Crippen LogP contribution in [0.4, 0.5) is 15.3 Å². The van der Waals surface area contributed by atoms with Gasteiger partial charge in [-0.25, -0.2) is 9.59 Å². The van der Waals surface area contributed by atoms with Crippen LogP contribution in [0.1, 0.15) is 0 Å². The molecule has 0 bridgehead atoms. The number of amides is 4. The number of benzene rings is 1. The molecule has 0 aliphatic carbocycles. The molecule has 1 aliphatic rings. The summed E-state index contributed by atoms with van der Waals surface area (Å²) in [6, 6.07) is 10.0. The molecule has 1 fully saturated rings. The zero-order chi connectivity index (χ0) is 17.5. The number of carbonyl (C=O) groups excluding carboxylic acids is 2. The third kappa shape index (κ3) is 4.78. The maximum atomic E-state index is 12.2. The molecule has 7 nitrogen and oxygen atoms in total. The fourth-order valence-corrected chi connectivity index (χ4v) is 2.64. The Balaban J connectivity index is 1.69. The minimum absolute atomic E-state index is 0.000422. The van der Waals surface area contributed by atoms with E-state index in [1.165, 1.54) is 0 Å². The number of piperazine rings is 1. The summed E-state index contributed by atoms with van der Waals surface area (Å²) in [4.78, 5) is 31.3. The van der Waals surface area contributed by atoms with Crippen LogP contribution in [0, 0.1) is 0 Å². The lowest BCUT2D eigenvalue weighted by atomic mass is 10.3. The van der Waals surface area contributed by atoms with Crippen molar-refractivity contribution in [3.05, 3.63) is 30.3 Å². The van der Waals surface area contributed by atoms with Gasteiger partial charge < -0.3 is 24.9 Å². The van der Waals surface area contributed by atoms with Crippen LogP contribution in [0.5, 0.6) is 0 Å². The Hall–Kier alpha value is -2.44. The van der Waals surface area contributed by atoms with Crippen LogP contribution in [-0.4, -0.2) is 87.2 Å². The summed E-state index contributed by atoms with van der Waals surface area (Å²) < 4.78 is 0. The second kappa shape index (κ2) is 8.42. The monoisotopic (exact) mass is 333 g/mol. The first-order valence-electron chi connectivity index (χ1n) is 8.24. The number of urea groups is 2. The molecule has 24 heavy (non-hydrogen) atoms. The molecular formula is C17H27N5O2. The quantitative estimate of drug-likeness (QED) is 0.899. The second-order valence-electron chi connectivity index (χ2n) is 6.14. The number of nitrogens with one attached hydrogen (secondary N) is 1. The van der Waals surface area contributed by atoms with Crippen molar-refractivity contribution in [3.63, 3.8) is 0 Å². The lowest BCUT2D eigenvalue weighted by molar-refractivity contribution is 0.129. The normalized spacial score (nSPS) is 14.3. The molecule has 0 radical (unpaired) electrons. The van der Waals surface area contributed by atoms with Gasteiger partial charge in [-0.2, -0.15) is 0 Å². The Bertz CT molecular complexity index is 541. The highest BCUT2D eigenvalue weighted by molar-refractivity contribution is 5.76. The summed E-state index contributed by atoms with van der Waals surface area (Å²) in [5, 5.41) is 2.95. The van der Waals surface area contributed by atoms with Gasteiger partial charge in [0.25, 0.3) is 0 Å². The van der Waals surface area contributed by atoms with Crippen LogP contribution < -0.4 is 10.2 Å². The number of nitrogens with zero attached hydrogens (tertiary/aromatic N) is 4. The van der Waals surface area contributed by atoms with Gasteiger partial charge in [0.15, 0.2) is 0 Å². The molecule has 132 valence electrons. The van der Waals surface area contributed by atoms with E-state index < -0.39 is 0 Å². The largest absolute Gasteiger partial charge is 0.373 e. The highest BCUT2D eigenvalue weighted by atomic mass is 16.2. The average molecular weight is 333 g/mol. The minimum Gasteiger partial charge on any atom is -0.373 e. The molecule has 1 aliphatic heterocycles. The first-order valence-corrected chi connectivity index (χ1v) is 8.24. The van der Waals surface area contributed by atoms with Gasteiger partial charge in [0.1, 0.15) is 0 Å². The van der Waals surface area contributed by atoms with Gasteiger partial charge in [0, 0.05) is 66.1 Å². The predicted molar refractivity (Wildman–Crippen MR) is 95.3 cm³/mol. The van der Waals surface area contributed by atoms with E-state index in [-0.39, 0.29) is 12.1 Å². The van der Waals surface area contributed by atoms with E-state index in [1.54, 1.807) is 28.8 Å². The number of hydrogen-bond donors (Lipinski definition) is 1. The molecule has 1 saturated heterocycles. The van der Waals surface area contributed by atoms with Crippen molar-refractivity contribution in [3.8, 4) is 0 Å². The van der Waals surface area contributed by atoms with E-state index in [9.17, 15) is 9.59 Å². The first-order chi connectivity index (χ1) is 11.5. The molecular weight excluding hydrogens is 306 g/mol. The minimum atomic E-state index is -0.0617. The summed E-state index contributed by atoms with van der Waals surface area (Å²) in [6.07, 6.45) is 0. The summed E-state index contributed by atoms with van der Waals surface area (Å²) >= 11 is 0. The van der Waals surface area contributed by atoms with Crippen molar-refractivity contribution >= 4 is 17.7 Å². The maximum absolute atomic E-state index is 12.2. The lowest BCUT2D eigenvalue weighted by Gasteiger charge is -2.36. The first kappa shape index (κ1) is 17.9. The Morgan fingerprint density at radius 3 is 2.17 bits per heavy atom. The molecule has 4 amide bonds. The van der Waals surface area contributed by atoms with Gasteiger partial charge in [0.2, 0.25) is 0 Å². The molecule has 7 heteroatoms. The van der Waals surface area contributed by atoms with Crippen molar-refractivity contribution in [1.29, 1.82) is 0 Å². The Morgan fingerprint density at radius 2 is 1.58 bits per heavy atom. The average Bonchev–Trinajstić information content (AvgIpc) is 2.61. The van der Waals surface area contributed by atoms with E-state index in [2.05, 4.69) is 10.2 Å². The molecule has 0 spiro atoms. The standard InChI is InChI=1S/C17H27N5O2/c1-19(2)17(24)22-13-11-21(12-14-22)16(23)18-9-10-20(3)15-7-5-4-6-8-15/h4-8H,9-14H2,1-3H3,(H,18,23). The molecule has 0 aromatic heterocycles. The molecule has 1 aromatic rings. The van der Waals surface area contributed by atoms with Gasteiger partial charge in [-0.3, -0.25) is 0 Å². The van der Waals surface area contributed by atoms with Crippen LogP contribution >= 0.6 is 0 Å². The van der Waals surface area contributed by atoms with Crippen LogP contribution in [0.3, 0.4) is 0 Å². The van der Waals surface area contributed by atoms with E-state index in [0.29, 0.717) is 32.7 Å². The molecule has 2 rings (SSSR count). The second-order valence-corrected chi connectivity index (χ2v) is 6.14. The third-order valence-electron chi connectivity index (χ3n) is 4.14. The van der Waals surface area contributed by atoms with E-state index in [1.807, 2.05) is 37.4 Å². The molecule has 0 unspecified atom stereocenters. The fourth-order valence-electron chi connectivity index (χ4n) is 2.64. The van der Waals surface area contributed by atoms with Crippen LogP contribution in [-0.2, 0) is 0 Å². The molecule has 1 aromatic carbocycles. The zero-order valence-corrected chi connectivity index (χ0v) is 14.7.